The van der Waals surface area contributed by atoms with Crippen LogP contribution in [0.4, 0.5) is 8.78 Å². The fraction of sp³-hybridized carbons (Fsp3) is 0.462. The molecule has 0 heterocycles. The summed E-state index contributed by atoms with van der Waals surface area (Å²) in [5, 5.41) is 2.61. The Morgan fingerprint density at radius 1 is 1.33 bits per heavy atom. The summed E-state index contributed by atoms with van der Waals surface area (Å²) in [4.78, 5) is 11.6. The first-order valence-corrected chi connectivity index (χ1v) is 5.85. The maximum Gasteiger partial charge on any atom is 0.251 e. The van der Waals surface area contributed by atoms with Gasteiger partial charge in [0.2, 0.25) is 0 Å². The lowest BCUT2D eigenvalue weighted by Gasteiger charge is -2.08. The van der Waals surface area contributed by atoms with E-state index in [1.54, 1.807) is 0 Å². The largest absolute Gasteiger partial charge is 0.379 e. The Balaban J connectivity index is 2.34. The molecule has 0 radical (unpaired) electrons. The number of amides is 1. The van der Waals surface area contributed by atoms with E-state index in [4.69, 9.17) is 4.74 Å². The zero-order valence-electron chi connectivity index (χ0n) is 10.5. The lowest BCUT2D eigenvalue weighted by atomic mass is 10.2. The van der Waals surface area contributed by atoms with E-state index in [1.165, 1.54) is 6.07 Å². The summed E-state index contributed by atoms with van der Waals surface area (Å²) >= 11 is 0. The van der Waals surface area contributed by atoms with E-state index >= 15 is 0 Å². The number of nitrogens with one attached hydrogen (secondary N) is 1. The predicted octanol–water partition coefficient (Wildman–Crippen LogP) is 2.51. The minimum atomic E-state index is -1.02. The average Bonchev–Trinajstić information content (AvgIpc) is 2.31. The Hall–Kier alpha value is -1.49. The Kier molecular flexibility index (Phi) is 5.71. The van der Waals surface area contributed by atoms with E-state index in [-0.39, 0.29) is 11.7 Å². The number of hydrogen-bond donors (Lipinski definition) is 1. The van der Waals surface area contributed by atoms with Crippen molar-refractivity contribution in [3.63, 3.8) is 0 Å². The molecule has 0 aliphatic heterocycles. The summed E-state index contributed by atoms with van der Waals surface area (Å²) < 4.78 is 30.9. The number of rotatable bonds is 6. The fourth-order valence-corrected chi connectivity index (χ4v) is 1.33. The molecule has 1 aromatic rings. The second kappa shape index (κ2) is 7.06. The van der Waals surface area contributed by atoms with Crippen LogP contribution in [0.2, 0.25) is 0 Å². The zero-order chi connectivity index (χ0) is 13.5. The first kappa shape index (κ1) is 14.6. The lowest BCUT2D eigenvalue weighted by molar-refractivity contribution is 0.0757. The van der Waals surface area contributed by atoms with Crippen molar-refractivity contribution < 1.29 is 18.3 Å². The maximum atomic E-state index is 12.9. The summed E-state index contributed by atoms with van der Waals surface area (Å²) in [5.41, 5.74) is 0.110. The number of ether oxygens (including phenoxy) is 1. The van der Waals surface area contributed by atoms with Gasteiger partial charge in [-0.2, -0.15) is 0 Å². The van der Waals surface area contributed by atoms with Crippen LogP contribution in [0.25, 0.3) is 0 Å². The van der Waals surface area contributed by atoms with Gasteiger partial charge in [-0.05, 0) is 38.5 Å². The van der Waals surface area contributed by atoms with Crippen LogP contribution in [-0.2, 0) is 4.74 Å². The van der Waals surface area contributed by atoms with E-state index in [0.29, 0.717) is 19.6 Å². The van der Waals surface area contributed by atoms with Crippen molar-refractivity contribution in [3.8, 4) is 0 Å². The smallest absolute Gasteiger partial charge is 0.251 e. The van der Waals surface area contributed by atoms with Gasteiger partial charge in [-0.25, -0.2) is 8.78 Å². The second-order valence-electron chi connectivity index (χ2n) is 4.16. The van der Waals surface area contributed by atoms with E-state index < -0.39 is 17.5 Å². The summed E-state index contributed by atoms with van der Waals surface area (Å²) in [7, 11) is 0. The van der Waals surface area contributed by atoms with Gasteiger partial charge in [-0.15, -0.1) is 0 Å². The van der Waals surface area contributed by atoms with Gasteiger partial charge in [0.25, 0.3) is 5.91 Å². The molecule has 0 aromatic heterocycles. The summed E-state index contributed by atoms with van der Waals surface area (Å²) in [6.45, 7) is 4.85. The molecule has 3 nitrogen and oxygen atoms in total. The highest BCUT2D eigenvalue weighted by Crippen LogP contribution is 2.08. The van der Waals surface area contributed by atoms with Gasteiger partial charge in [0.05, 0.1) is 6.10 Å². The molecule has 0 spiro atoms. The van der Waals surface area contributed by atoms with Crippen LogP contribution in [0.5, 0.6) is 0 Å². The second-order valence-corrected chi connectivity index (χ2v) is 4.16. The Labute approximate surface area is 105 Å². The molecule has 0 saturated heterocycles. The molecule has 0 atom stereocenters. The third kappa shape index (κ3) is 4.79. The molecule has 0 fully saturated rings. The quantitative estimate of drug-likeness (QED) is 0.795. The predicted molar refractivity (Wildman–Crippen MR) is 64.4 cm³/mol. The third-order valence-corrected chi connectivity index (χ3v) is 2.24. The van der Waals surface area contributed by atoms with Crippen molar-refractivity contribution in [3.05, 3.63) is 35.4 Å². The van der Waals surface area contributed by atoms with Crippen LogP contribution < -0.4 is 5.32 Å². The Morgan fingerprint density at radius 2 is 2.06 bits per heavy atom. The molecule has 0 bridgehead atoms. The van der Waals surface area contributed by atoms with Crippen molar-refractivity contribution >= 4 is 5.91 Å². The number of carbonyl (C=O) groups excluding carboxylic acids is 1. The normalized spacial score (nSPS) is 10.7. The zero-order valence-corrected chi connectivity index (χ0v) is 10.5. The van der Waals surface area contributed by atoms with Gasteiger partial charge in [-0.1, -0.05) is 0 Å². The van der Waals surface area contributed by atoms with Crippen LogP contribution in [-0.4, -0.2) is 25.2 Å². The molecule has 0 saturated carbocycles. The highest BCUT2D eigenvalue weighted by molar-refractivity contribution is 5.94. The number of benzene rings is 1. The maximum absolute atomic E-state index is 12.9. The number of halogens is 2. The fourth-order valence-electron chi connectivity index (χ4n) is 1.33. The molecule has 0 unspecified atom stereocenters. The van der Waals surface area contributed by atoms with Crippen molar-refractivity contribution in [2.24, 2.45) is 0 Å². The molecule has 0 aliphatic carbocycles. The van der Waals surface area contributed by atoms with Gasteiger partial charge in [0, 0.05) is 18.7 Å². The van der Waals surface area contributed by atoms with Gasteiger partial charge in [0.1, 0.15) is 0 Å². The molecule has 5 heteroatoms. The first-order valence-electron chi connectivity index (χ1n) is 5.85. The van der Waals surface area contributed by atoms with E-state index in [0.717, 1.165) is 12.1 Å². The van der Waals surface area contributed by atoms with Crippen LogP contribution in [0, 0.1) is 11.6 Å². The number of hydrogen-bond acceptors (Lipinski definition) is 2. The Morgan fingerprint density at radius 3 is 2.67 bits per heavy atom. The topological polar surface area (TPSA) is 38.3 Å². The standard InChI is InChI=1S/C13H17F2NO2/c1-9(2)18-7-3-6-16-13(17)10-4-5-11(14)12(15)8-10/h4-5,8-9H,3,6-7H2,1-2H3,(H,16,17). The SMILES string of the molecule is CC(C)OCCCNC(=O)c1ccc(F)c(F)c1. The van der Waals surface area contributed by atoms with Crippen LogP contribution >= 0.6 is 0 Å². The van der Waals surface area contributed by atoms with E-state index in [9.17, 15) is 13.6 Å². The average molecular weight is 257 g/mol. The summed E-state index contributed by atoms with van der Waals surface area (Å²) in [5.74, 6) is -2.40. The molecule has 1 N–H and O–H groups in total. The van der Waals surface area contributed by atoms with Crippen molar-refractivity contribution in [1.29, 1.82) is 0 Å². The van der Waals surface area contributed by atoms with E-state index in [2.05, 4.69) is 5.32 Å². The molecule has 1 amide bonds. The molecule has 0 aliphatic rings. The highest BCUT2D eigenvalue weighted by Gasteiger charge is 2.08. The molecular formula is C13H17F2NO2. The first-order chi connectivity index (χ1) is 8.50. The van der Waals surface area contributed by atoms with Crippen molar-refractivity contribution in [2.75, 3.05) is 13.2 Å². The molecular weight excluding hydrogens is 240 g/mol. The van der Waals surface area contributed by atoms with Crippen LogP contribution in [0.1, 0.15) is 30.6 Å². The summed E-state index contributed by atoms with van der Waals surface area (Å²) in [6.07, 6.45) is 0.833. The summed E-state index contributed by atoms with van der Waals surface area (Å²) in [6, 6.07) is 3.07. The minimum Gasteiger partial charge on any atom is -0.379 e. The van der Waals surface area contributed by atoms with Gasteiger partial charge in [-0.3, -0.25) is 4.79 Å². The van der Waals surface area contributed by atoms with Crippen molar-refractivity contribution in [1.82, 2.24) is 5.32 Å². The third-order valence-electron chi connectivity index (χ3n) is 2.24. The monoisotopic (exact) mass is 257 g/mol. The van der Waals surface area contributed by atoms with Crippen molar-refractivity contribution in [2.45, 2.75) is 26.4 Å². The van der Waals surface area contributed by atoms with Crippen LogP contribution in [0.3, 0.4) is 0 Å². The van der Waals surface area contributed by atoms with Crippen LogP contribution in [0.15, 0.2) is 18.2 Å². The van der Waals surface area contributed by atoms with Gasteiger partial charge in [0.15, 0.2) is 11.6 Å². The molecule has 1 aromatic carbocycles. The molecule has 18 heavy (non-hydrogen) atoms. The molecule has 100 valence electrons. The van der Waals surface area contributed by atoms with Gasteiger partial charge < -0.3 is 10.1 Å². The number of carbonyl (C=O) groups is 1. The van der Waals surface area contributed by atoms with E-state index in [1.807, 2.05) is 13.8 Å². The van der Waals surface area contributed by atoms with Gasteiger partial charge >= 0.3 is 0 Å². The highest BCUT2D eigenvalue weighted by atomic mass is 19.2. The minimum absolute atomic E-state index is 0.110. The Bertz CT molecular complexity index is 408. The lowest BCUT2D eigenvalue weighted by Crippen LogP contribution is -2.25. The molecule has 1 rings (SSSR count).